The van der Waals surface area contributed by atoms with Gasteiger partial charge in [-0.1, -0.05) is 24.3 Å². The van der Waals surface area contributed by atoms with Crippen molar-refractivity contribution in [1.82, 2.24) is 9.80 Å². The Morgan fingerprint density at radius 1 is 0.966 bits per heavy atom. The molecular weight excluding hydrogens is 375 g/mol. The molecule has 0 radical (unpaired) electrons. The number of halogens is 1. The van der Waals surface area contributed by atoms with Gasteiger partial charge >= 0.3 is 5.97 Å². The minimum Gasteiger partial charge on any atom is -0.465 e. The molecular formula is C22H23FN2O4. The maximum Gasteiger partial charge on any atom is 0.337 e. The molecule has 152 valence electrons. The number of ether oxygens (including phenoxy) is 1. The van der Waals surface area contributed by atoms with Crippen LogP contribution in [0.5, 0.6) is 0 Å². The average molecular weight is 398 g/mol. The van der Waals surface area contributed by atoms with Crippen LogP contribution < -0.4 is 0 Å². The van der Waals surface area contributed by atoms with E-state index in [0.717, 1.165) is 11.1 Å². The van der Waals surface area contributed by atoms with Gasteiger partial charge in [0.2, 0.25) is 11.8 Å². The molecule has 3 rings (SSSR count). The van der Waals surface area contributed by atoms with Gasteiger partial charge in [0.05, 0.1) is 19.1 Å². The number of carbonyl (C=O) groups is 3. The van der Waals surface area contributed by atoms with Gasteiger partial charge in [0.1, 0.15) is 5.82 Å². The van der Waals surface area contributed by atoms with Crippen LogP contribution in [0.15, 0.2) is 48.5 Å². The fraction of sp³-hybridized carbons (Fsp3) is 0.318. The highest BCUT2D eigenvalue weighted by Crippen LogP contribution is 2.13. The summed E-state index contributed by atoms with van der Waals surface area (Å²) in [4.78, 5) is 40.0. The van der Waals surface area contributed by atoms with E-state index >= 15 is 0 Å². The van der Waals surface area contributed by atoms with Gasteiger partial charge in [0.15, 0.2) is 0 Å². The van der Waals surface area contributed by atoms with E-state index in [1.165, 1.54) is 19.2 Å². The number of nitrogens with zero attached hydrogens (tertiary/aromatic N) is 2. The smallest absolute Gasteiger partial charge is 0.337 e. The summed E-state index contributed by atoms with van der Waals surface area (Å²) in [6, 6.07) is 12.8. The summed E-state index contributed by atoms with van der Waals surface area (Å²) >= 11 is 0. The Hall–Kier alpha value is -3.22. The van der Waals surface area contributed by atoms with Gasteiger partial charge < -0.3 is 14.5 Å². The van der Waals surface area contributed by atoms with E-state index in [4.69, 9.17) is 0 Å². The van der Waals surface area contributed by atoms with Gasteiger partial charge in [-0.3, -0.25) is 9.59 Å². The molecule has 1 fully saturated rings. The summed E-state index contributed by atoms with van der Waals surface area (Å²) in [5.41, 5.74) is 2.10. The third-order valence-electron chi connectivity index (χ3n) is 4.96. The van der Waals surface area contributed by atoms with Crippen LogP contribution in [0.4, 0.5) is 4.39 Å². The van der Waals surface area contributed by atoms with Gasteiger partial charge in [-0.15, -0.1) is 0 Å². The maximum absolute atomic E-state index is 13.0. The zero-order valence-corrected chi connectivity index (χ0v) is 16.3. The largest absolute Gasteiger partial charge is 0.465 e. The van der Waals surface area contributed by atoms with Crippen molar-refractivity contribution < 1.29 is 23.5 Å². The number of hydrogen-bond donors (Lipinski definition) is 0. The molecule has 0 aromatic heterocycles. The lowest BCUT2D eigenvalue weighted by Gasteiger charge is -2.22. The van der Waals surface area contributed by atoms with E-state index in [1.807, 2.05) is 0 Å². The van der Waals surface area contributed by atoms with Gasteiger partial charge in [-0.2, -0.15) is 0 Å². The molecule has 1 heterocycles. The van der Waals surface area contributed by atoms with Crippen LogP contribution in [0.2, 0.25) is 0 Å². The van der Waals surface area contributed by atoms with Crippen LogP contribution in [0.3, 0.4) is 0 Å². The monoisotopic (exact) mass is 398 g/mol. The molecule has 0 spiro atoms. The van der Waals surface area contributed by atoms with Crippen molar-refractivity contribution in [3.8, 4) is 0 Å². The lowest BCUT2D eigenvalue weighted by molar-refractivity contribution is -0.130. The first-order valence-corrected chi connectivity index (χ1v) is 9.43. The number of hydrogen-bond acceptors (Lipinski definition) is 4. The number of esters is 1. The highest BCUT2D eigenvalue weighted by atomic mass is 19.1. The normalized spacial score (nSPS) is 14.5. The quantitative estimate of drug-likeness (QED) is 0.726. The molecule has 1 aliphatic heterocycles. The van der Waals surface area contributed by atoms with Crippen LogP contribution in [0.25, 0.3) is 0 Å². The second-order valence-electron chi connectivity index (χ2n) is 6.94. The van der Waals surface area contributed by atoms with Crippen LogP contribution in [-0.2, 0) is 27.3 Å². The van der Waals surface area contributed by atoms with Crippen molar-refractivity contribution in [3.05, 3.63) is 71.0 Å². The minimum atomic E-state index is -0.405. The fourth-order valence-electron chi connectivity index (χ4n) is 3.26. The standard InChI is InChI=1S/C22H23FN2O4/c1-29-22(28)18-6-2-17(3-7-18)15-25-13-12-24(11-10-20(25)26)21(27)14-16-4-8-19(23)9-5-16/h2-9H,10-15H2,1H3. The topological polar surface area (TPSA) is 66.9 Å². The Kier molecular flexibility index (Phi) is 6.59. The molecule has 0 N–H and O–H groups in total. The van der Waals surface area contributed by atoms with Crippen LogP contribution in [0.1, 0.15) is 27.9 Å². The Balaban J connectivity index is 1.58. The molecule has 2 aromatic rings. The van der Waals surface area contributed by atoms with E-state index in [0.29, 0.717) is 31.7 Å². The van der Waals surface area contributed by atoms with Crippen LogP contribution in [0, 0.1) is 5.82 Å². The molecule has 0 atom stereocenters. The molecule has 1 aliphatic rings. The van der Waals surface area contributed by atoms with E-state index in [-0.39, 0.29) is 30.5 Å². The van der Waals surface area contributed by atoms with Crippen LogP contribution >= 0.6 is 0 Å². The number of carbonyl (C=O) groups excluding carboxylic acids is 3. The molecule has 6 nitrogen and oxygen atoms in total. The number of methoxy groups -OCH3 is 1. The van der Waals surface area contributed by atoms with Crippen molar-refractivity contribution in [2.45, 2.75) is 19.4 Å². The average Bonchev–Trinajstić information content (AvgIpc) is 2.91. The van der Waals surface area contributed by atoms with E-state index in [2.05, 4.69) is 4.74 Å². The number of rotatable bonds is 5. The summed E-state index contributed by atoms with van der Waals surface area (Å²) in [5.74, 6) is -0.831. The molecule has 0 unspecified atom stereocenters. The van der Waals surface area contributed by atoms with Gasteiger partial charge in [0.25, 0.3) is 0 Å². The van der Waals surface area contributed by atoms with E-state index < -0.39 is 5.97 Å². The Labute approximate surface area is 168 Å². The first kappa shape index (κ1) is 20.5. The summed E-state index contributed by atoms with van der Waals surface area (Å²) < 4.78 is 17.7. The Morgan fingerprint density at radius 3 is 2.28 bits per heavy atom. The van der Waals surface area contributed by atoms with Crippen molar-refractivity contribution >= 4 is 17.8 Å². The lowest BCUT2D eigenvalue weighted by Crippen LogP contribution is -2.36. The summed E-state index contributed by atoms with van der Waals surface area (Å²) in [6.07, 6.45) is 0.443. The van der Waals surface area contributed by atoms with Crippen LogP contribution in [-0.4, -0.2) is 54.3 Å². The molecule has 29 heavy (non-hydrogen) atoms. The highest BCUT2D eigenvalue weighted by molar-refractivity contribution is 5.89. The zero-order valence-electron chi connectivity index (χ0n) is 16.3. The molecule has 2 amide bonds. The van der Waals surface area contributed by atoms with Crippen molar-refractivity contribution in [1.29, 1.82) is 0 Å². The van der Waals surface area contributed by atoms with E-state index in [9.17, 15) is 18.8 Å². The lowest BCUT2D eigenvalue weighted by atomic mass is 10.1. The molecule has 0 bridgehead atoms. The molecule has 7 heteroatoms. The zero-order chi connectivity index (χ0) is 20.8. The fourth-order valence-corrected chi connectivity index (χ4v) is 3.26. The second-order valence-corrected chi connectivity index (χ2v) is 6.94. The van der Waals surface area contributed by atoms with Gasteiger partial charge in [0, 0.05) is 32.6 Å². The third-order valence-corrected chi connectivity index (χ3v) is 4.96. The molecule has 0 saturated carbocycles. The Morgan fingerprint density at radius 2 is 1.62 bits per heavy atom. The highest BCUT2D eigenvalue weighted by Gasteiger charge is 2.24. The van der Waals surface area contributed by atoms with Crippen molar-refractivity contribution in [2.75, 3.05) is 26.7 Å². The van der Waals surface area contributed by atoms with Gasteiger partial charge in [-0.05, 0) is 35.4 Å². The predicted octanol–water partition coefficient (Wildman–Crippen LogP) is 2.42. The summed E-state index contributed by atoms with van der Waals surface area (Å²) in [7, 11) is 1.33. The Bertz CT molecular complexity index is 881. The minimum absolute atomic E-state index is 0.0147. The first-order valence-electron chi connectivity index (χ1n) is 9.43. The maximum atomic E-state index is 13.0. The third kappa shape index (κ3) is 5.40. The first-order chi connectivity index (χ1) is 14.0. The second kappa shape index (κ2) is 9.32. The molecule has 2 aromatic carbocycles. The predicted molar refractivity (Wildman–Crippen MR) is 104 cm³/mol. The number of amides is 2. The SMILES string of the molecule is COC(=O)c1ccc(CN2CCN(C(=O)Cc3ccc(F)cc3)CCC2=O)cc1. The summed E-state index contributed by atoms with van der Waals surface area (Å²) in [5, 5.41) is 0. The van der Waals surface area contributed by atoms with Crippen molar-refractivity contribution in [3.63, 3.8) is 0 Å². The van der Waals surface area contributed by atoms with Crippen molar-refractivity contribution in [2.24, 2.45) is 0 Å². The number of benzene rings is 2. The molecule has 1 saturated heterocycles. The molecule has 0 aliphatic carbocycles. The van der Waals surface area contributed by atoms with E-state index in [1.54, 1.807) is 46.2 Å². The van der Waals surface area contributed by atoms with Gasteiger partial charge in [-0.25, -0.2) is 9.18 Å². The summed E-state index contributed by atoms with van der Waals surface area (Å²) in [6.45, 7) is 1.68.